The van der Waals surface area contributed by atoms with Crippen molar-refractivity contribution in [1.82, 2.24) is 5.32 Å². The van der Waals surface area contributed by atoms with Gasteiger partial charge in [-0.25, -0.2) is 8.78 Å². The van der Waals surface area contributed by atoms with Gasteiger partial charge in [0.15, 0.2) is 0 Å². The average molecular weight is 293 g/mol. The van der Waals surface area contributed by atoms with E-state index in [0.29, 0.717) is 13.0 Å². The number of halogens is 2. The van der Waals surface area contributed by atoms with Crippen molar-refractivity contribution in [3.05, 3.63) is 48.0 Å². The van der Waals surface area contributed by atoms with Crippen molar-refractivity contribution in [3.63, 3.8) is 0 Å². The number of rotatable bonds is 8. The third-order valence-corrected chi connectivity index (χ3v) is 3.44. The summed E-state index contributed by atoms with van der Waals surface area (Å²) in [6, 6.07) is 14.5. The van der Waals surface area contributed by atoms with Crippen LogP contribution in [-0.4, -0.2) is 26.2 Å². The molecule has 0 fully saturated rings. The zero-order valence-electron chi connectivity index (χ0n) is 12.2. The first-order valence-electron chi connectivity index (χ1n) is 7.29. The maximum Gasteiger partial charge on any atom is 0.261 e. The predicted octanol–water partition coefficient (Wildman–Crippen LogP) is 4.16. The van der Waals surface area contributed by atoms with Gasteiger partial charge in [0.2, 0.25) is 0 Å². The van der Waals surface area contributed by atoms with E-state index >= 15 is 0 Å². The van der Waals surface area contributed by atoms with Gasteiger partial charge in [0, 0.05) is 12.6 Å². The second kappa shape index (κ2) is 8.05. The fourth-order valence-corrected chi connectivity index (χ4v) is 2.54. The van der Waals surface area contributed by atoms with E-state index in [1.54, 1.807) is 0 Å². The Bertz CT molecular complexity index is 554. The Labute approximate surface area is 124 Å². The number of hydrogen-bond donors (Lipinski definition) is 1. The van der Waals surface area contributed by atoms with Crippen LogP contribution in [0.5, 0.6) is 0 Å². The largest absolute Gasteiger partial charge is 0.375 e. The Kier molecular flexibility index (Phi) is 6.08. The van der Waals surface area contributed by atoms with Crippen LogP contribution in [0.3, 0.4) is 0 Å². The smallest absolute Gasteiger partial charge is 0.261 e. The molecule has 21 heavy (non-hydrogen) atoms. The fraction of sp³-hybridized carbons (Fsp3) is 0.412. The molecule has 0 amide bonds. The van der Waals surface area contributed by atoms with E-state index < -0.39 is 13.0 Å². The standard InChI is InChI=1S/C17H21F2NO/c1-2-20-16(10-11-21-12-17(18)19)15-9-5-7-13-6-3-4-8-14(13)15/h3-9,16-17,20H,2,10-12H2,1H3. The van der Waals surface area contributed by atoms with Crippen molar-refractivity contribution in [3.8, 4) is 0 Å². The third kappa shape index (κ3) is 4.48. The Morgan fingerprint density at radius 3 is 2.62 bits per heavy atom. The highest BCUT2D eigenvalue weighted by molar-refractivity contribution is 5.86. The molecule has 2 aromatic carbocycles. The third-order valence-electron chi connectivity index (χ3n) is 3.44. The monoisotopic (exact) mass is 293 g/mol. The highest BCUT2D eigenvalue weighted by Crippen LogP contribution is 2.26. The van der Waals surface area contributed by atoms with Crippen LogP contribution in [0.4, 0.5) is 8.78 Å². The molecule has 0 aliphatic carbocycles. The molecule has 1 unspecified atom stereocenters. The summed E-state index contributed by atoms with van der Waals surface area (Å²) >= 11 is 0. The minimum absolute atomic E-state index is 0.110. The molecule has 2 aromatic rings. The quantitative estimate of drug-likeness (QED) is 0.738. The molecule has 0 spiro atoms. The maximum atomic E-state index is 12.1. The lowest BCUT2D eigenvalue weighted by molar-refractivity contribution is 0.0144. The highest BCUT2D eigenvalue weighted by atomic mass is 19.3. The van der Waals surface area contributed by atoms with Gasteiger partial charge >= 0.3 is 0 Å². The zero-order chi connectivity index (χ0) is 15.1. The summed E-state index contributed by atoms with van der Waals surface area (Å²) in [4.78, 5) is 0. The van der Waals surface area contributed by atoms with Gasteiger partial charge in [-0.1, -0.05) is 49.4 Å². The summed E-state index contributed by atoms with van der Waals surface area (Å²) in [5.74, 6) is 0. The van der Waals surface area contributed by atoms with E-state index in [2.05, 4.69) is 29.6 Å². The number of benzene rings is 2. The van der Waals surface area contributed by atoms with E-state index in [0.717, 1.165) is 6.54 Å². The van der Waals surface area contributed by atoms with Gasteiger partial charge in [-0.15, -0.1) is 0 Å². The summed E-state index contributed by atoms with van der Waals surface area (Å²) < 4.78 is 29.2. The summed E-state index contributed by atoms with van der Waals surface area (Å²) in [5, 5.41) is 5.79. The van der Waals surface area contributed by atoms with Crippen LogP contribution < -0.4 is 5.32 Å². The number of hydrogen-bond acceptors (Lipinski definition) is 2. The van der Waals surface area contributed by atoms with Crippen LogP contribution in [-0.2, 0) is 4.74 Å². The fourth-order valence-electron chi connectivity index (χ4n) is 2.54. The van der Waals surface area contributed by atoms with Crippen molar-refractivity contribution >= 4 is 10.8 Å². The molecule has 0 heterocycles. The first kappa shape index (κ1) is 15.9. The molecule has 0 radical (unpaired) electrons. The topological polar surface area (TPSA) is 21.3 Å². The molecule has 1 N–H and O–H groups in total. The van der Waals surface area contributed by atoms with Gasteiger partial charge < -0.3 is 10.1 Å². The average Bonchev–Trinajstić information content (AvgIpc) is 2.49. The lowest BCUT2D eigenvalue weighted by atomic mass is 9.97. The summed E-state index contributed by atoms with van der Waals surface area (Å²) in [7, 11) is 0. The Morgan fingerprint density at radius 2 is 1.86 bits per heavy atom. The molecule has 0 bridgehead atoms. The number of alkyl halides is 2. The molecular weight excluding hydrogens is 272 g/mol. The molecule has 0 aromatic heterocycles. The van der Waals surface area contributed by atoms with Gasteiger partial charge in [-0.05, 0) is 29.3 Å². The second-order valence-corrected chi connectivity index (χ2v) is 4.93. The number of ether oxygens (including phenoxy) is 1. The van der Waals surface area contributed by atoms with E-state index in [1.165, 1.54) is 16.3 Å². The first-order valence-corrected chi connectivity index (χ1v) is 7.29. The molecule has 2 rings (SSSR count). The van der Waals surface area contributed by atoms with Crippen molar-refractivity contribution in [1.29, 1.82) is 0 Å². The Hall–Kier alpha value is -1.52. The SMILES string of the molecule is CCNC(CCOCC(F)F)c1cccc2ccccc12. The normalized spacial score (nSPS) is 13.0. The molecule has 114 valence electrons. The highest BCUT2D eigenvalue weighted by Gasteiger charge is 2.13. The van der Waals surface area contributed by atoms with Gasteiger partial charge in [0.25, 0.3) is 6.43 Å². The summed E-state index contributed by atoms with van der Waals surface area (Å²) in [5.41, 5.74) is 1.19. The van der Waals surface area contributed by atoms with Gasteiger partial charge in [0.1, 0.15) is 6.61 Å². The molecule has 0 saturated carbocycles. The van der Waals surface area contributed by atoms with E-state index in [-0.39, 0.29) is 6.04 Å². The Balaban J connectivity index is 2.12. The van der Waals surface area contributed by atoms with Crippen molar-refractivity contribution in [2.75, 3.05) is 19.8 Å². The number of nitrogens with one attached hydrogen (secondary N) is 1. The second-order valence-electron chi connectivity index (χ2n) is 4.93. The molecule has 0 saturated heterocycles. The minimum atomic E-state index is -2.40. The van der Waals surface area contributed by atoms with Crippen LogP contribution >= 0.6 is 0 Å². The molecule has 1 atom stereocenters. The van der Waals surface area contributed by atoms with Crippen LogP contribution in [0.25, 0.3) is 10.8 Å². The van der Waals surface area contributed by atoms with Crippen LogP contribution in [0, 0.1) is 0 Å². The lowest BCUT2D eigenvalue weighted by Crippen LogP contribution is -2.23. The van der Waals surface area contributed by atoms with Crippen LogP contribution in [0.15, 0.2) is 42.5 Å². The summed E-state index contributed by atoms with van der Waals surface area (Å²) in [6.45, 7) is 2.69. The van der Waals surface area contributed by atoms with Crippen molar-refractivity contribution in [2.45, 2.75) is 25.8 Å². The first-order chi connectivity index (χ1) is 10.2. The maximum absolute atomic E-state index is 12.1. The lowest BCUT2D eigenvalue weighted by Gasteiger charge is -2.20. The van der Waals surface area contributed by atoms with Crippen LogP contribution in [0.1, 0.15) is 24.9 Å². The predicted molar refractivity (Wildman–Crippen MR) is 81.8 cm³/mol. The van der Waals surface area contributed by atoms with Gasteiger partial charge in [0.05, 0.1) is 0 Å². The summed E-state index contributed by atoms with van der Waals surface area (Å²) in [6.07, 6.45) is -1.73. The molecule has 0 aliphatic rings. The molecule has 0 aliphatic heterocycles. The van der Waals surface area contributed by atoms with Crippen molar-refractivity contribution in [2.24, 2.45) is 0 Å². The number of fused-ring (bicyclic) bond motifs is 1. The van der Waals surface area contributed by atoms with Gasteiger partial charge in [-0.3, -0.25) is 0 Å². The van der Waals surface area contributed by atoms with E-state index in [1.807, 2.05) is 25.1 Å². The zero-order valence-corrected chi connectivity index (χ0v) is 12.2. The van der Waals surface area contributed by atoms with E-state index in [4.69, 9.17) is 4.74 Å². The Morgan fingerprint density at radius 1 is 1.10 bits per heavy atom. The molecule has 4 heteroatoms. The van der Waals surface area contributed by atoms with Crippen molar-refractivity contribution < 1.29 is 13.5 Å². The minimum Gasteiger partial charge on any atom is -0.375 e. The van der Waals surface area contributed by atoms with Crippen LogP contribution in [0.2, 0.25) is 0 Å². The van der Waals surface area contributed by atoms with E-state index in [9.17, 15) is 8.78 Å². The molecule has 2 nitrogen and oxygen atoms in total. The molecular formula is C17H21F2NO. The van der Waals surface area contributed by atoms with Gasteiger partial charge in [-0.2, -0.15) is 0 Å².